The van der Waals surface area contributed by atoms with Crippen LogP contribution in [0.15, 0.2) is 18.2 Å². The van der Waals surface area contributed by atoms with Crippen LogP contribution in [0.3, 0.4) is 0 Å². The highest BCUT2D eigenvalue weighted by Gasteiger charge is 2.25. The fourth-order valence-electron chi connectivity index (χ4n) is 2.03. The van der Waals surface area contributed by atoms with Gasteiger partial charge in [0.1, 0.15) is 0 Å². The summed E-state index contributed by atoms with van der Waals surface area (Å²) in [6.45, 7) is 9.60. The molecule has 0 aromatic heterocycles. The average Bonchev–Trinajstić information content (AvgIpc) is 2.28. The first-order chi connectivity index (χ1) is 9.17. The van der Waals surface area contributed by atoms with E-state index in [0.29, 0.717) is 5.69 Å². The number of urea groups is 1. The molecule has 2 amide bonds. The van der Waals surface area contributed by atoms with Crippen LogP contribution in [0.5, 0.6) is 0 Å². The summed E-state index contributed by atoms with van der Waals surface area (Å²) >= 11 is 0. The highest BCUT2D eigenvalue weighted by molar-refractivity contribution is 6.14. The molecule has 0 aliphatic heterocycles. The van der Waals surface area contributed by atoms with Crippen molar-refractivity contribution in [2.24, 2.45) is 5.73 Å². The van der Waals surface area contributed by atoms with Crippen LogP contribution >= 0.6 is 0 Å². The normalized spacial score (nSPS) is 11.1. The highest BCUT2D eigenvalue weighted by atomic mass is 16.2. The molecule has 1 aromatic carbocycles. The number of hydrogen-bond donors (Lipinski definition) is 3. The fraction of sp³-hybridized carbons (Fsp3) is 0.467. The van der Waals surface area contributed by atoms with E-state index in [1.54, 1.807) is 0 Å². The number of amides is 2. The number of carbonyl (C=O) groups excluding carboxylic acids is 1. The minimum atomic E-state index is -0.389. The van der Waals surface area contributed by atoms with Crippen LogP contribution in [0, 0.1) is 12.3 Å². The zero-order valence-corrected chi connectivity index (χ0v) is 12.9. The second kappa shape index (κ2) is 5.94. The number of carbonyl (C=O) groups is 1. The molecule has 110 valence electrons. The lowest BCUT2D eigenvalue weighted by atomic mass is 10.0. The number of rotatable bonds is 2. The van der Waals surface area contributed by atoms with Crippen molar-refractivity contribution in [1.82, 2.24) is 5.32 Å². The van der Waals surface area contributed by atoms with E-state index in [9.17, 15) is 4.79 Å². The monoisotopic (exact) mass is 276 g/mol. The standard InChI is InChI=1S/C15H24N4O/c1-6-11-9-7-8-10(2)12(11)19(13(16)17)14(20)18-15(3,4)5/h7-9H,6H2,1-5H3,(H3,16,17)(H,18,20). The van der Waals surface area contributed by atoms with Crippen LogP contribution in [0.2, 0.25) is 0 Å². The molecule has 0 aliphatic rings. The number of nitrogens with two attached hydrogens (primary N) is 1. The first-order valence-electron chi connectivity index (χ1n) is 6.72. The van der Waals surface area contributed by atoms with E-state index in [2.05, 4.69) is 5.32 Å². The SMILES string of the molecule is CCc1cccc(C)c1N(C(=N)N)C(=O)NC(C)(C)C. The molecule has 0 radical (unpaired) electrons. The minimum Gasteiger partial charge on any atom is -0.369 e. The average molecular weight is 276 g/mol. The summed E-state index contributed by atoms with van der Waals surface area (Å²) in [7, 11) is 0. The van der Waals surface area contributed by atoms with Crippen molar-refractivity contribution < 1.29 is 4.79 Å². The van der Waals surface area contributed by atoms with E-state index in [4.69, 9.17) is 11.1 Å². The van der Waals surface area contributed by atoms with Crippen molar-refractivity contribution in [2.75, 3.05) is 4.90 Å². The lowest BCUT2D eigenvalue weighted by Crippen LogP contribution is -2.53. The maximum absolute atomic E-state index is 12.4. The van der Waals surface area contributed by atoms with Gasteiger partial charge in [-0.15, -0.1) is 0 Å². The Kier molecular flexibility index (Phi) is 4.76. The third-order valence-electron chi connectivity index (χ3n) is 2.85. The second-order valence-electron chi connectivity index (χ2n) is 5.84. The molecule has 1 aromatic rings. The maximum atomic E-state index is 12.4. The zero-order valence-electron chi connectivity index (χ0n) is 12.9. The van der Waals surface area contributed by atoms with Gasteiger partial charge in [0.05, 0.1) is 5.69 Å². The summed E-state index contributed by atoms with van der Waals surface area (Å²) in [5.74, 6) is -0.282. The summed E-state index contributed by atoms with van der Waals surface area (Å²) in [6.07, 6.45) is 0.767. The van der Waals surface area contributed by atoms with Gasteiger partial charge >= 0.3 is 6.03 Å². The molecule has 0 heterocycles. The fourth-order valence-corrected chi connectivity index (χ4v) is 2.03. The van der Waals surface area contributed by atoms with Gasteiger partial charge in [0.15, 0.2) is 0 Å². The molecule has 5 nitrogen and oxygen atoms in total. The Balaban J connectivity index is 3.29. The Hall–Kier alpha value is -2.04. The van der Waals surface area contributed by atoms with E-state index < -0.39 is 0 Å². The predicted molar refractivity (Wildman–Crippen MR) is 83.2 cm³/mol. The van der Waals surface area contributed by atoms with Gasteiger partial charge in [-0.1, -0.05) is 25.1 Å². The Labute approximate surface area is 120 Å². The van der Waals surface area contributed by atoms with Gasteiger partial charge in [0.2, 0.25) is 5.96 Å². The molecule has 0 spiro atoms. The first-order valence-corrected chi connectivity index (χ1v) is 6.72. The molecule has 0 saturated heterocycles. The summed E-state index contributed by atoms with van der Waals surface area (Å²) in [4.78, 5) is 13.7. The third-order valence-corrected chi connectivity index (χ3v) is 2.85. The lowest BCUT2D eigenvalue weighted by Gasteiger charge is -2.29. The van der Waals surface area contributed by atoms with Gasteiger partial charge < -0.3 is 11.1 Å². The first kappa shape index (κ1) is 16.0. The molecule has 0 atom stereocenters. The molecule has 0 aliphatic carbocycles. The van der Waals surface area contributed by atoms with Gasteiger partial charge in [-0.25, -0.2) is 9.69 Å². The molecule has 1 rings (SSSR count). The summed E-state index contributed by atoms with van der Waals surface area (Å²) in [5, 5.41) is 10.6. The molecule has 0 unspecified atom stereocenters. The topological polar surface area (TPSA) is 82.2 Å². The minimum absolute atomic E-state index is 0.282. The van der Waals surface area contributed by atoms with Crippen molar-refractivity contribution >= 4 is 17.7 Å². The zero-order chi connectivity index (χ0) is 15.5. The van der Waals surface area contributed by atoms with Gasteiger partial charge in [0, 0.05) is 5.54 Å². The summed E-state index contributed by atoms with van der Waals surface area (Å²) in [6, 6.07) is 5.42. The Morgan fingerprint density at radius 2 is 2.00 bits per heavy atom. The molecular formula is C15H24N4O. The number of nitrogens with one attached hydrogen (secondary N) is 2. The van der Waals surface area contributed by atoms with Gasteiger partial charge in [0.25, 0.3) is 0 Å². The third kappa shape index (κ3) is 3.73. The van der Waals surface area contributed by atoms with E-state index >= 15 is 0 Å². The van der Waals surface area contributed by atoms with Crippen LogP contribution in [0.25, 0.3) is 0 Å². The van der Waals surface area contributed by atoms with Gasteiger partial charge in [-0.05, 0) is 45.2 Å². The number of guanidine groups is 1. The molecule has 4 N–H and O–H groups in total. The van der Waals surface area contributed by atoms with Crippen LogP contribution in [0.4, 0.5) is 10.5 Å². The van der Waals surface area contributed by atoms with Crippen molar-refractivity contribution in [2.45, 2.75) is 46.6 Å². The van der Waals surface area contributed by atoms with E-state index in [-0.39, 0.29) is 17.5 Å². The van der Waals surface area contributed by atoms with E-state index in [1.807, 2.05) is 52.8 Å². The number of benzene rings is 1. The number of aryl methyl sites for hydroxylation is 2. The van der Waals surface area contributed by atoms with E-state index in [0.717, 1.165) is 17.5 Å². The molecule has 0 saturated carbocycles. The number of para-hydroxylation sites is 1. The van der Waals surface area contributed by atoms with Gasteiger partial charge in [-0.3, -0.25) is 5.41 Å². The summed E-state index contributed by atoms with van der Waals surface area (Å²) in [5.41, 5.74) is 7.85. The van der Waals surface area contributed by atoms with E-state index in [1.165, 1.54) is 4.90 Å². The Bertz CT molecular complexity index is 517. The molecule has 0 bridgehead atoms. The van der Waals surface area contributed by atoms with Crippen LogP contribution in [0.1, 0.15) is 38.8 Å². The molecule has 0 fully saturated rings. The molecular weight excluding hydrogens is 252 g/mol. The molecule has 5 heteroatoms. The van der Waals surface area contributed by atoms with Crippen LogP contribution in [-0.4, -0.2) is 17.5 Å². The van der Waals surface area contributed by atoms with Crippen molar-refractivity contribution in [1.29, 1.82) is 5.41 Å². The number of hydrogen-bond acceptors (Lipinski definition) is 2. The number of anilines is 1. The Morgan fingerprint density at radius 3 is 2.45 bits per heavy atom. The van der Waals surface area contributed by atoms with Crippen LogP contribution in [-0.2, 0) is 6.42 Å². The van der Waals surface area contributed by atoms with Crippen molar-refractivity contribution in [3.05, 3.63) is 29.3 Å². The lowest BCUT2D eigenvalue weighted by molar-refractivity contribution is 0.240. The molecule has 20 heavy (non-hydrogen) atoms. The number of nitrogens with zero attached hydrogens (tertiary/aromatic N) is 1. The maximum Gasteiger partial charge on any atom is 0.329 e. The largest absolute Gasteiger partial charge is 0.369 e. The predicted octanol–water partition coefficient (Wildman–Crippen LogP) is 2.77. The smallest absolute Gasteiger partial charge is 0.329 e. The quantitative estimate of drug-likeness (QED) is 0.573. The van der Waals surface area contributed by atoms with Gasteiger partial charge in [-0.2, -0.15) is 0 Å². The second-order valence-corrected chi connectivity index (χ2v) is 5.84. The summed E-state index contributed by atoms with van der Waals surface area (Å²) < 4.78 is 0. The Morgan fingerprint density at radius 1 is 1.40 bits per heavy atom. The van der Waals surface area contributed by atoms with Crippen molar-refractivity contribution in [3.63, 3.8) is 0 Å². The highest BCUT2D eigenvalue weighted by Crippen LogP contribution is 2.26. The van der Waals surface area contributed by atoms with Crippen molar-refractivity contribution in [3.8, 4) is 0 Å². The van der Waals surface area contributed by atoms with Crippen LogP contribution < -0.4 is 16.0 Å².